The van der Waals surface area contributed by atoms with Crippen molar-refractivity contribution in [3.8, 4) is 22.3 Å². The van der Waals surface area contributed by atoms with Gasteiger partial charge in [-0.25, -0.2) is 0 Å². The molecule has 0 saturated heterocycles. The van der Waals surface area contributed by atoms with Crippen LogP contribution in [0.3, 0.4) is 0 Å². The predicted octanol–water partition coefficient (Wildman–Crippen LogP) is 15.5. The van der Waals surface area contributed by atoms with Crippen molar-refractivity contribution in [2.45, 2.75) is 71.6 Å². The van der Waals surface area contributed by atoms with Gasteiger partial charge in [0, 0.05) is 27.4 Å². The molecule has 9 aromatic rings. The molecule has 0 aliphatic heterocycles. The van der Waals surface area contributed by atoms with Gasteiger partial charge in [-0.3, -0.25) is 0 Å². The third kappa shape index (κ3) is 5.10. The largest absolute Gasteiger partial charge is 0.456 e. The lowest BCUT2D eigenvalue weighted by Gasteiger charge is -2.30. The summed E-state index contributed by atoms with van der Waals surface area (Å²) in [5, 5.41) is 4.46. The van der Waals surface area contributed by atoms with Crippen LogP contribution in [0.5, 0.6) is 0 Å². The molecular weight excluding hydrogens is 683 g/mol. The van der Waals surface area contributed by atoms with Gasteiger partial charge in [0.05, 0.1) is 22.1 Å². The van der Waals surface area contributed by atoms with Crippen LogP contribution in [0.15, 0.2) is 148 Å². The van der Waals surface area contributed by atoms with Crippen molar-refractivity contribution in [1.82, 2.24) is 0 Å². The van der Waals surface area contributed by atoms with Crippen LogP contribution in [0.25, 0.3) is 66.1 Å². The van der Waals surface area contributed by atoms with E-state index in [1.165, 1.54) is 38.8 Å². The highest BCUT2D eigenvalue weighted by Crippen LogP contribution is 2.54. The van der Waals surface area contributed by atoms with Gasteiger partial charge in [-0.2, -0.15) is 0 Å². The van der Waals surface area contributed by atoms with Gasteiger partial charge in [0.15, 0.2) is 0 Å². The van der Waals surface area contributed by atoms with Crippen molar-refractivity contribution < 1.29 is 8.83 Å². The Morgan fingerprint density at radius 3 is 1.95 bits per heavy atom. The van der Waals surface area contributed by atoms with E-state index in [0.717, 1.165) is 66.7 Å². The first-order valence-electron chi connectivity index (χ1n) is 19.9. The number of hydrogen-bond acceptors (Lipinski definition) is 3. The van der Waals surface area contributed by atoms with Gasteiger partial charge in [0.1, 0.15) is 22.3 Å². The van der Waals surface area contributed by atoms with Gasteiger partial charge in [0.25, 0.3) is 0 Å². The van der Waals surface area contributed by atoms with E-state index in [0.29, 0.717) is 0 Å². The van der Waals surface area contributed by atoms with E-state index in [2.05, 4.69) is 200 Å². The Morgan fingerprint density at radius 1 is 0.482 bits per heavy atom. The molecule has 0 spiro atoms. The predicted molar refractivity (Wildman–Crippen MR) is 236 cm³/mol. The minimum absolute atomic E-state index is 0.0364. The molecule has 0 saturated carbocycles. The number of benzene rings is 7. The fourth-order valence-corrected chi connectivity index (χ4v) is 9.22. The zero-order valence-electron chi connectivity index (χ0n) is 33.5. The van der Waals surface area contributed by atoms with Crippen LogP contribution in [0, 0.1) is 0 Å². The van der Waals surface area contributed by atoms with Crippen LogP contribution in [0.2, 0.25) is 0 Å². The van der Waals surface area contributed by atoms with E-state index in [9.17, 15) is 0 Å². The molecule has 276 valence electrons. The number of para-hydroxylation sites is 1. The molecule has 1 aliphatic rings. The van der Waals surface area contributed by atoms with E-state index >= 15 is 0 Å². The molecule has 56 heavy (non-hydrogen) atoms. The van der Waals surface area contributed by atoms with Crippen LogP contribution in [-0.2, 0) is 16.2 Å². The van der Waals surface area contributed by atoms with E-state index in [1.807, 2.05) is 0 Å². The molecule has 0 bridgehead atoms. The number of nitrogens with zero attached hydrogens (tertiary/aromatic N) is 1. The van der Waals surface area contributed by atoms with Gasteiger partial charge in [-0.1, -0.05) is 146 Å². The van der Waals surface area contributed by atoms with Crippen molar-refractivity contribution in [3.63, 3.8) is 0 Å². The topological polar surface area (TPSA) is 29.5 Å². The zero-order chi connectivity index (χ0) is 38.7. The Morgan fingerprint density at radius 2 is 1.16 bits per heavy atom. The maximum atomic E-state index is 6.91. The smallest absolute Gasteiger partial charge is 0.145 e. The van der Waals surface area contributed by atoms with Crippen molar-refractivity contribution in [2.24, 2.45) is 0 Å². The Hall–Kier alpha value is -6.06. The molecule has 0 radical (unpaired) electrons. The molecule has 0 atom stereocenters. The third-order valence-corrected chi connectivity index (χ3v) is 12.1. The van der Waals surface area contributed by atoms with Crippen LogP contribution >= 0.6 is 0 Å². The maximum absolute atomic E-state index is 6.91. The Balaban J connectivity index is 1.34. The van der Waals surface area contributed by atoms with Crippen LogP contribution < -0.4 is 4.90 Å². The lowest BCUT2D eigenvalue weighted by molar-refractivity contribution is 0.569. The first kappa shape index (κ1) is 34.4. The molecule has 2 heterocycles. The lowest BCUT2D eigenvalue weighted by Crippen LogP contribution is -2.17. The highest BCUT2D eigenvalue weighted by molar-refractivity contribution is 6.20. The molecule has 10 rings (SSSR count). The average Bonchev–Trinajstić information content (AvgIpc) is 3.83. The van der Waals surface area contributed by atoms with Crippen molar-refractivity contribution in [3.05, 3.63) is 162 Å². The van der Waals surface area contributed by atoms with Crippen molar-refractivity contribution in [2.75, 3.05) is 4.90 Å². The van der Waals surface area contributed by atoms with Gasteiger partial charge in [-0.05, 0) is 98.3 Å². The Kier molecular flexibility index (Phi) is 7.36. The number of hydrogen-bond donors (Lipinski definition) is 0. The number of furan rings is 2. The molecule has 0 fully saturated rings. The Labute approximate surface area is 329 Å². The summed E-state index contributed by atoms with van der Waals surface area (Å²) in [7, 11) is 0. The fourth-order valence-electron chi connectivity index (χ4n) is 9.22. The monoisotopic (exact) mass is 729 g/mol. The standard InChI is InChI=1S/C53H47NO2/c1-51(2,3)33-29-41(52(4,5)6)48-46(30-33)55-45-24-16-22-42(49(45)48)54(34-25-26-37-36-19-12-14-21-39(36)53(7,8)40(37)31-34)43-28-27-35(32-17-10-9-11-18-32)50-47(43)38-20-13-15-23-44(38)56-50/h9-31H,1-8H3. The van der Waals surface area contributed by atoms with Crippen molar-refractivity contribution >= 4 is 60.9 Å². The number of anilines is 3. The first-order valence-corrected chi connectivity index (χ1v) is 19.9. The molecule has 0 unspecified atom stereocenters. The SMILES string of the molecule is CC(C)(C)c1cc(C(C)(C)C)c2c(c1)oc1cccc(N(c3ccc4c(c3)C(C)(C)c3ccccc3-4)c3ccc(-c4ccccc4)c4oc5ccccc5c34)c12. The summed E-state index contributed by atoms with van der Waals surface area (Å²) in [6, 6.07) is 50.7. The quantitative estimate of drug-likeness (QED) is 0.181. The molecule has 3 heteroatoms. The second-order valence-electron chi connectivity index (χ2n) is 18.2. The van der Waals surface area contributed by atoms with Crippen LogP contribution in [-0.4, -0.2) is 0 Å². The van der Waals surface area contributed by atoms with Crippen LogP contribution in [0.4, 0.5) is 17.1 Å². The molecule has 3 nitrogen and oxygen atoms in total. The van der Waals surface area contributed by atoms with Gasteiger partial charge < -0.3 is 13.7 Å². The highest BCUT2D eigenvalue weighted by atomic mass is 16.3. The molecule has 0 amide bonds. The fraction of sp³-hybridized carbons (Fsp3) is 0.208. The third-order valence-electron chi connectivity index (χ3n) is 12.1. The summed E-state index contributed by atoms with van der Waals surface area (Å²) in [4.78, 5) is 2.47. The minimum atomic E-state index is -0.167. The summed E-state index contributed by atoms with van der Waals surface area (Å²) < 4.78 is 13.8. The van der Waals surface area contributed by atoms with E-state index in [4.69, 9.17) is 8.83 Å². The molecule has 7 aromatic carbocycles. The average molecular weight is 730 g/mol. The first-order chi connectivity index (χ1) is 26.8. The maximum Gasteiger partial charge on any atom is 0.145 e. The number of rotatable bonds is 4. The lowest BCUT2D eigenvalue weighted by atomic mass is 9.78. The van der Waals surface area contributed by atoms with Gasteiger partial charge >= 0.3 is 0 Å². The molecular formula is C53H47NO2. The van der Waals surface area contributed by atoms with Gasteiger partial charge in [0.2, 0.25) is 0 Å². The molecule has 0 N–H and O–H groups in total. The zero-order valence-corrected chi connectivity index (χ0v) is 33.5. The summed E-state index contributed by atoms with van der Waals surface area (Å²) in [5.41, 5.74) is 16.5. The summed E-state index contributed by atoms with van der Waals surface area (Å²) >= 11 is 0. The molecule has 1 aliphatic carbocycles. The summed E-state index contributed by atoms with van der Waals surface area (Å²) in [6.07, 6.45) is 0. The summed E-state index contributed by atoms with van der Waals surface area (Å²) in [5.74, 6) is 0. The molecule has 2 aromatic heterocycles. The van der Waals surface area contributed by atoms with E-state index in [-0.39, 0.29) is 16.2 Å². The second-order valence-corrected chi connectivity index (χ2v) is 18.2. The Bertz CT molecular complexity index is 3020. The van der Waals surface area contributed by atoms with Crippen LogP contribution in [0.1, 0.15) is 77.6 Å². The highest BCUT2D eigenvalue weighted by Gasteiger charge is 2.36. The van der Waals surface area contributed by atoms with E-state index < -0.39 is 0 Å². The summed E-state index contributed by atoms with van der Waals surface area (Å²) in [6.45, 7) is 18.5. The van der Waals surface area contributed by atoms with Gasteiger partial charge in [-0.15, -0.1) is 0 Å². The second kappa shape index (κ2) is 12.0. The van der Waals surface area contributed by atoms with E-state index in [1.54, 1.807) is 0 Å². The van der Waals surface area contributed by atoms with Crippen molar-refractivity contribution in [1.29, 1.82) is 0 Å². The number of fused-ring (bicyclic) bond motifs is 9. The minimum Gasteiger partial charge on any atom is -0.456 e. The normalized spacial score (nSPS) is 13.9.